The van der Waals surface area contributed by atoms with Crippen molar-refractivity contribution in [2.24, 2.45) is 5.73 Å². The van der Waals surface area contributed by atoms with Crippen LogP contribution in [0.15, 0.2) is 48.2 Å². The van der Waals surface area contributed by atoms with Crippen molar-refractivity contribution in [3.05, 3.63) is 68.9 Å². The van der Waals surface area contributed by atoms with E-state index in [1.54, 1.807) is 30.3 Å². The predicted octanol–water partition coefficient (Wildman–Crippen LogP) is 3.36. The summed E-state index contributed by atoms with van der Waals surface area (Å²) in [7, 11) is 0. The smallest absolute Gasteiger partial charge is 0.294 e. The second kappa shape index (κ2) is 7.55. The highest BCUT2D eigenvalue weighted by Gasteiger charge is 2.31. The van der Waals surface area contributed by atoms with E-state index in [0.29, 0.717) is 36.0 Å². The van der Waals surface area contributed by atoms with Crippen molar-refractivity contribution in [3.63, 3.8) is 0 Å². The minimum atomic E-state index is -0.509. The molecule has 0 aliphatic carbocycles. The summed E-state index contributed by atoms with van der Waals surface area (Å²) in [5.41, 5.74) is 6.57. The fourth-order valence-electron chi connectivity index (χ4n) is 2.59. The zero-order valence-corrected chi connectivity index (χ0v) is 14.5. The zero-order valence-electron chi connectivity index (χ0n) is 13.7. The minimum absolute atomic E-state index is 0.108. The normalized spacial score (nSPS) is 14.9. The van der Waals surface area contributed by atoms with E-state index in [2.05, 4.69) is 0 Å². The minimum Gasteiger partial charge on any atom is -0.449 e. The Labute approximate surface area is 154 Å². The lowest BCUT2D eigenvalue weighted by atomic mass is 10.1. The quantitative estimate of drug-likeness (QED) is 0.492. The second-order valence-electron chi connectivity index (χ2n) is 5.67. The molecule has 0 unspecified atom stereocenters. The molecule has 7 nitrogen and oxygen atoms in total. The maximum absolute atomic E-state index is 12.8. The van der Waals surface area contributed by atoms with Crippen molar-refractivity contribution in [1.29, 1.82) is 0 Å². The number of carbonyl (C=O) groups excluding carboxylic acids is 1. The van der Waals surface area contributed by atoms with Gasteiger partial charge >= 0.3 is 0 Å². The number of anilines is 1. The van der Waals surface area contributed by atoms with Crippen LogP contribution in [0.5, 0.6) is 5.75 Å². The Kier molecular flexibility index (Phi) is 5.20. The summed E-state index contributed by atoms with van der Waals surface area (Å²) in [6, 6.07) is 11.1. The molecule has 0 atom stereocenters. The lowest BCUT2D eigenvalue weighted by molar-refractivity contribution is -0.384. The molecule has 0 aromatic heterocycles. The van der Waals surface area contributed by atoms with Crippen LogP contribution in [0.2, 0.25) is 5.02 Å². The number of ether oxygens (including phenoxy) is 1. The van der Waals surface area contributed by atoms with Gasteiger partial charge < -0.3 is 15.4 Å². The van der Waals surface area contributed by atoms with E-state index in [9.17, 15) is 14.9 Å². The number of nitrogens with zero attached hydrogens (tertiary/aromatic N) is 2. The number of fused-ring (bicyclic) bond motifs is 1. The Hall–Kier alpha value is -2.90. The molecule has 0 spiro atoms. The van der Waals surface area contributed by atoms with Crippen LogP contribution in [-0.4, -0.2) is 23.9 Å². The fourth-order valence-corrected chi connectivity index (χ4v) is 2.72. The van der Waals surface area contributed by atoms with E-state index in [1.807, 2.05) is 0 Å². The first-order chi connectivity index (χ1) is 12.5. The van der Waals surface area contributed by atoms with Gasteiger partial charge in [-0.15, -0.1) is 0 Å². The maximum Gasteiger partial charge on any atom is 0.294 e. The third-order valence-corrected chi connectivity index (χ3v) is 4.13. The van der Waals surface area contributed by atoms with Crippen molar-refractivity contribution in [2.45, 2.75) is 6.42 Å². The molecule has 0 radical (unpaired) electrons. The Balaban J connectivity index is 2.02. The average Bonchev–Trinajstić information content (AvgIpc) is 2.63. The van der Waals surface area contributed by atoms with Gasteiger partial charge in [-0.1, -0.05) is 23.7 Å². The number of nitro groups is 1. The Morgan fingerprint density at radius 1 is 1.23 bits per heavy atom. The molecule has 0 saturated heterocycles. The van der Waals surface area contributed by atoms with Gasteiger partial charge in [0.25, 0.3) is 11.6 Å². The number of hydrogen-bond acceptors (Lipinski definition) is 5. The van der Waals surface area contributed by atoms with Gasteiger partial charge in [0, 0.05) is 23.7 Å². The molecule has 1 aliphatic rings. The standard InChI is InChI=1S/C18H16ClN3O4/c19-13-4-2-12(3-5-13)10-17-18(23)21(9-1-8-20)15-11-14(22(24)25)6-7-16(15)26-17/h2-7,10-11H,1,8-9,20H2/b17-10+. The third-order valence-electron chi connectivity index (χ3n) is 3.87. The van der Waals surface area contributed by atoms with Gasteiger partial charge in [-0.2, -0.15) is 0 Å². The van der Waals surface area contributed by atoms with Crippen LogP contribution in [-0.2, 0) is 4.79 Å². The molecule has 1 heterocycles. The molecular formula is C18H16ClN3O4. The highest BCUT2D eigenvalue weighted by atomic mass is 35.5. The summed E-state index contributed by atoms with van der Waals surface area (Å²) in [5, 5.41) is 11.6. The van der Waals surface area contributed by atoms with Crippen molar-refractivity contribution in [1.82, 2.24) is 0 Å². The Morgan fingerprint density at radius 3 is 2.62 bits per heavy atom. The zero-order chi connectivity index (χ0) is 18.7. The molecule has 3 rings (SSSR count). The topological polar surface area (TPSA) is 98.7 Å². The average molecular weight is 374 g/mol. The predicted molar refractivity (Wildman–Crippen MR) is 99.2 cm³/mol. The number of nitro benzene ring substituents is 1. The lowest BCUT2D eigenvalue weighted by Crippen LogP contribution is -2.38. The first-order valence-corrected chi connectivity index (χ1v) is 8.33. The molecular weight excluding hydrogens is 358 g/mol. The van der Waals surface area contributed by atoms with Crippen LogP contribution in [0.4, 0.5) is 11.4 Å². The van der Waals surface area contributed by atoms with Gasteiger partial charge in [-0.25, -0.2) is 0 Å². The van der Waals surface area contributed by atoms with E-state index in [4.69, 9.17) is 22.1 Å². The largest absolute Gasteiger partial charge is 0.449 e. The molecule has 1 amide bonds. The van der Waals surface area contributed by atoms with Crippen molar-refractivity contribution >= 4 is 35.0 Å². The lowest BCUT2D eigenvalue weighted by Gasteiger charge is -2.30. The molecule has 0 fully saturated rings. The molecule has 26 heavy (non-hydrogen) atoms. The SMILES string of the molecule is NCCCN1C(=O)/C(=C\c2ccc(Cl)cc2)Oc2ccc([N+](=O)[O-])cc21. The molecule has 8 heteroatoms. The molecule has 134 valence electrons. The number of non-ortho nitro benzene ring substituents is 1. The van der Waals surface area contributed by atoms with Crippen molar-refractivity contribution < 1.29 is 14.5 Å². The third kappa shape index (κ3) is 3.68. The van der Waals surface area contributed by atoms with Crippen LogP contribution in [0, 0.1) is 10.1 Å². The van der Waals surface area contributed by atoms with Crippen LogP contribution in [0.3, 0.4) is 0 Å². The van der Waals surface area contributed by atoms with Crippen molar-refractivity contribution in [2.75, 3.05) is 18.0 Å². The van der Waals surface area contributed by atoms with Crippen LogP contribution in [0.1, 0.15) is 12.0 Å². The van der Waals surface area contributed by atoms with E-state index in [0.717, 1.165) is 5.56 Å². The number of halogens is 1. The number of carbonyl (C=O) groups is 1. The van der Waals surface area contributed by atoms with Gasteiger partial charge in [0.1, 0.15) is 0 Å². The summed E-state index contributed by atoms with van der Waals surface area (Å²) in [6.07, 6.45) is 2.17. The first-order valence-electron chi connectivity index (χ1n) is 7.95. The van der Waals surface area contributed by atoms with Crippen LogP contribution < -0.4 is 15.4 Å². The highest BCUT2D eigenvalue weighted by Crippen LogP contribution is 2.38. The first kappa shape index (κ1) is 17.9. The number of hydrogen-bond donors (Lipinski definition) is 1. The van der Waals surface area contributed by atoms with Gasteiger partial charge in [0.2, 0.25) is 0 Å². The summed E-state index contributed by atoms with van der Waals surface area (Å²) >= 11 is 5.88. The summed E-state index contributed by atoms with van der Waals surface area (Å²) in [4.78, 5) is 24.8. The molecule has 0 saturated carbocycles. The summed E-state index contributed by atoms with van der Waals surface area (Å²) < 4.78 is 5.71. The summed E-state index contributed by atoms with van der Waals surface area (Å²) in [6.45, 7) is 0.732. The van der Waals surface area contributed by atoms with Gasteiger partial charge in [-0.3, -0.25) is 14.9 Å². The van der Waals surface area contributed by atoms with Crippen molar-refractivity contribution in [3.8, 4) is 5.75 Å². The van der Waals surface area contributed by atoms with E-state index < -0.39 is 4.92 Å². The van der Waals surface area contributed by atoms with Gasteiger partial charge in [0.05, 0.1) is 10.6 Å². The van der Waals surface area contributed by atoms with Gasteiger partial charge in [-0.05, 0) is 42.8 Å². The number of benzene rings is 2. The monoisotopic (exact) mass is 373 g/mol. The van der Waals surface area contributed by atoms with Crippen LogP contribution >= 0.6 is 11.6 Å². The number of nitrogens with two attached hydrogens (primary N) is 1. The van der Waals surface area contributed by atoms with Gasteiger partial charge in [0.15, 0.2) is 11.5 Å². The van der Waals surface area contributed by atoms with E-state index in [-0.39, 0.29) is 17.4 Å². The molecule has 2 aromatic carbocycles. The Morgan fingerprint density at radius 2 is 1.96 bits per heavy atom. The maximum atomic E-state index is 12.8. The molecule has 2 N–H and O–H groups in total. The number of amides is 1. The molecule has 2 aromatic rings. The second-order valence-corrected chi connectivity index (χ2v) is 6.11. The summed E-state index contributed by atoms with van der Waals surface area (Å²) in [5.74, 6) is 0.138. The van der Waals surface area contributed by atoms with E-state index >= 15 is 0 Å². The Bertz CT molecular complexity index is 881. The number of rotatable bonds is 5. The molecule has 0 bridgehead atoms. The molecule has 1 aliphatic heterocycles. The van der Waals surface area contributed by atoms with E-state index in [1.165, 1.54) is 23.1 Å². The highest BCUT2D eigenvalue weighted by molar-refractivity contribution is 6.30. The fraction of sp³-hybridized carbons (Fsp3) is 0.167. The van der Waals surface area contributed by atoms with Crippen LogP contribution in [0.25, 0.3) is 6.08 Å².